The fourth-order valence-corrected chi connectivity index (χ4v) is 1.78. The highest BCUT2D eigenvalue weighted by Gasteiger charge is 2.15. The van der Waals surface area contributed by atoms with Gasteiger partial charge in [0.2, 0.25) is 0 Å². The number of nitrogens with one attached hydrogen (secondary N) is 2. The molecule has 0 aromatic carbocycles. The highest BCUT2D eigenvalue weighted by molar-refractivity contribution is 5.73. The molecule has 0 saturated heterocycles. The molecule has 0 heterocycles. The Hall–Kier alpha value is -0.650. The number of aliphatic hydroxyl groups excluding tert-OH is 1. The molecular formula is C13H28N2O3. The second kappa shape index (κ2) is 12.8. The fraction of sp³-hybridized carbons (Fsp3) is 0.923. The van der Waals surface area contributed by atoms with Crippen LogP contribution in [0, 0.1) is 0 Å². The Morgan fingerprint density at radius 1 is 1.11 bits per heavy atom. The summed E-state index contributed by atoms with van der Waals surface area (Å²) in [7, 11) is 0. The Balaban J connectivity index is 3.40. The minimum Gasteiger partial charge on any atom is -0.480 e. The summed E-state index contributed by atoms with van der Waals surface area (Å²) in [6.07, 6.45) is 6.21. The lowest BCUT2D eigenvalue weighted by molar-refractivity contribution is -0.139. The van der Waals surface area contributed by atoms with Crippen LogP contribution in [0.3, 0.4) is 0 Å². The third-order valence-corrected chi connectivity index (χ3v) is 2.85. The number of hydrogen-bond donors (Lipinski definition) is 4. The van der Waals surface area contributed by atoms with Crippen LogP contribution in [0.25, 0.3) is 0 Å². The monoisotopic (exact) mass is 260 g/mol. The Morgan fingerprint density at radius 3 is 2.33 bits per heavy atom. The highest BCUT2D eigenvalue weighted by atomic mass is 16.4. The van der Waals surface area contributed by atoms with E-state index in [1.165, 1.54) is 19.3 Å². The van der Waals surface area contributed by atoms with Crippen molar-refractivity contribution in [1.29, 1.82) is 0 Å². The number of carboxylic acids is 1. The van der Waals surface area contributed by atoms with Gasteiger partial charge in [-0.1, -0.05) is 26.2 Å². The molecule has 0 spiro atoms. The molecular weight excluding hydrogens is 232 g/mol. The van der Waals surface area contributed by atoms with E-state index in [9.17, 15) is 4.79 Å². The smallest absolute Gasteiger partial charge is 0.320 e. The van der Waals surface area contributed by atoms with Crippen LogP contribution in [-0.4, -0.2) is 48.5 Å². The zero-order valence-corrected chi connectivity index (χ0v) is 11.5. The number of carbonyl (C=O) groups is 1. The van der Waals surface area contributed by atoms with Gasteiger partial charge >= 0.3 is 5.97 Å². The molecule has 5 nitrogen and oxygen atoms in total. The minimum absolute atomic E-state index is 0.0250. The maximum atomic E-state index is 10.9. The van der Waals surface area contributed by atoms with E-state index >= 15 is 0 Å². The number of rotatable bonds is 13. The Labute approximate surface area is 110 Å². The lowest BCUT2D eigenvalue weighted by Crippen LogP contribution is -2.38. The van der Waals surface area contributed by atoms with Gasteiger partial charge in [-0.05, 0) is 32.4 Å². The second-order valence-electron chi connectivity index (χ2n) is 4.52. The molecule has 5 heteroatoms. The second-order valence-corrected chi connectivity index (χ2v) is 4.52. The summed E-state index contributed by atoms with van der Waals surface area (Å²) in [6.45, 7) is 4.51. The van der Waals surface area contributed by atoms with Crippen molar-refractivity contribution in [3.8, 4) is 0 Å². The minimum atomic E-state index is -0.834. The lowest BCUT2D eigenvalue weighted by Gasteiger charge is -2.13. The van der Waals surface area contributed by atoms with E-state index in [-0.39, 0.29) is 6.61 Å². The van der Waals surface area contributed by atoms with Crippen molar-refractivity contribution >= 4 is 5.97 Å². The number of aliphatic hydroxyl groups is 1. The van der Waals surface area contributed by atoms with E-state index in [2.05, 4.69) is 17.6 Å². The van der Waals surface area contributed by atoms with Crippen LogP contribution in [0.5, 0.6) is 0 Å². The number of aliphatic carboxylic acids is 1. The SMILES string of the molecule is CCCCCNCCCCC(NCCO)C(=O)O. The van der Waals surface area contributed by atoms with E-state index in [4.69, 9.17) is 10.2 Å². The molecule has 0 bridgehead atoms. The van der Waals surface area contributed by atoms with Crippen molar-refractivity contribution in [2.75, 3.05) is 26.2 Å². The molecule has 0 aliphatic heterocycles. The number of unbranched alkanes of at least 4 members (excludes halogenated alkanes) is 3. The van der Waals surface area contributed by atoms with Crippen LogP contribution in [-0.2, 0) is 4.79 Å². The molecule has 0 aromatic heterocycles. The molecule has 4 N–H and O–H groups in total. The van der Waals surface area contributed by atoms with Gasteiger partial charge in [-0.15, -0.1) is 0 Å². The van der Waals surface area contributed by atoms with Crippen LogP contribution in [0.1, 0.15) is 45.4 Å². The van der Waals surface area contributed by atoms with Crippen LogP contribution < -0.4 is 10.6 Å². The van der Waals surface area contributed by atoms with Crippen LogP contribution in [0.4, 0.5) is 0 Å². The van der Waals surface area contributed by atoms with Gasteiger partial charge in [-0.25, -0.2) is 0 Å². The summed E-state index contributed by atoms with van der Waals surface area (Å²) in [6, 6.07) is -0.530. The van der Waals surface area contributed by atoms with Crippen molar-refractivity contribution in [2.45, 2.75) is 51.5 Å². The first-order valence-corrected chi connectivity index (χ1v) is 7.00. The standard InChI is InChI=1S/C13H28N2O3/c1-2-3-5-8-14-9-6-4-7-12(13(17)18)15-10-11-16/h12,14-16H,2-11H2,1H3,(H,17,18). The van der Waals surface area contributed by atoms with E-state index in [0.29, 0.717) is 13.0 Å². The molecule has 108 valence electrons. The summed E-state index contributed by atoms with van der Waals surface area (Å²) in [5.41, 5.74) is 0. The first kappa shape index (κ1) is 17.4. The van der Waals surface area contributed by atoms with Crippen molar-refractivity contribution in [3.63, 3.8) is 0 Å². The molecule has 0 aliphatic carbocycles. The summed E-state index contributed by atoms with van der Waals surface area (Å²) in [5, 5.41) is 23.8. The van der Waals surface area contributed by atoms with Crippen molar-refractivity contribution < 1.29 is 15.0 Å². The third-order valence-electron chi connectivity index (χ3n) is 2.85. The quantitative estimate of drug-likeness (QED) is 0.371. The Morgan fingerprint density at radius 2 is 1.78 bits per heavy atom. The molecule has 0 amide bonds. The molecule has 18 heavy (non-hydrogen) atoms. The van der Waals surface area contributed by atoms with Gasteiger partial charge in [0.25, 0.3) is 0 Å². The van der Waals surface area contributed by atoms with Gasteiger partial charge in [-0.2, -0.15) is 0 Å². The molecule has 1 unspecified atom stereocenters. The van der Waals surface area contributed by atoms with E-state index in [1.807, 2.05) is 0 Å². The topological polar surface area (TPSA) is 81.6 Å². The number of hydrogen-bond acceptors (Lipinski definition) is 4. The van der Waals surface area contributed by atoms with E-state index in [1.54, 1.807) is 0 Å². The van der Waals surface area contributed by atoms with Gasteiger partial charge in [0, 0.05) is 6.54 Å². The van der Waals surface area contributed by atoms with Crippen molar-refractivity contribution in [3.05, 3.63) is 0 Å². The predicted molar refractivity (Wildman–Crippen MR) is 72.8 cm³/mol. The van der Waals surface area contributed by atoms with Crippen molar-refractivity contribution in [2.24, 2.45) is 0 Å². The van der Waals surface area contributed by atoms with Gasteiger partial charge < -0.3 is 20.8 Å². The highest BCUT2D eigenvalue weighted by Crippen LogP contribution is 2.01. The zero-order valence-electron chi connectivity index (χ0n) is 11.5. The first-order chi connectivity index (χ1) is 8.72. The van der Waals surface area contributed by atoms with Gasteiger partial charge in [-0.3, -0.25) is 4.79 Å². The van der Waals surface area contributed by atoms with Crippen LogP contribution >= 0.6 is 0 Å². The van der Waals surface area contributed by atoms with E-state index < -0.39 is 12.0 Å². The summed E-state index contributed by atoms with van der Waals surface area (Å²) in [4.78, 5) is 10.9. The maximum absolute atomic E-state index is 10.9. The normalized spacial score (nSPS) is 12.6. The molecule has 0 rings (SSSR count). The van der Waals surface area contributed by atoms with Gasteiger partial charge in [0.1, 0.15) is 6.04 Å². The Bertz CT molecular complexity index is 201. The van der Waals surface area contributed by atoms with Crippen LogP contribution in [0.2, 0.25) is 0 Å². The zero-order chi connectivity index (χ0) is 13.6. The third kappa shape index (κ3) is 10.5. The maximum Gasteiger partial charge on any atom is 0.320 e. The molecule has 0 saturated carbocycles. The summed E-state index contributed by atoms with van der Waals surface area (Å²) in [5.74, 6) is -0.834. The van der Waals surface area contributed by atoms with Gasteiger partial charge in [0.05, 0.1) is 6.61 Å². The number of carboxylic acid groups (broad SMARTS) is 1. The molecule has 0 aliphatic rings. The predicted octanol–water partition coefficient (Wildman–Crippen LogP) is 0.972. The largest absolute Gasteiger partial charge is 0.480 e. The van der Waals surface area contributed by atoms with Crippen molar-refractivity contribution in [1.82, 2.24) is 10.6 Å². The summed E-state index contributed by atoms with van der Waals surface area (Å²) >= 11 is 0. The molecule has 0 radical (unpaired) electrons. The molecule has 0 fully saturated rings. The fourth-order valence-electron chi connectivity index (χ4n) is 1.78. The molecule has 0 aromatic rings. The average molecular weight is 260 g/mol. The van der Waals surface area contributed by atoms with Crippen LogP contribution in [0.15, 0.2) is 0 Å². The average Bonchev–Trinajstić information content (AvgIpc) is 2.35. The summed E-state index contributed by atoms with van der Waals surface area (Å²) < 4.78 is 0. The Kier molecular flexibility index (Phi) is 12.3. The van der Waals surface area contributed by atoms with E-state index in [0.717, 1.165) is 25.9 Å². The lowest BCUT2D eigenvalue weighted by atomic mass is 10.1. The van der Waals surface area contributed by atoms with Gasteiger partial charge in [0.15, 0.2) is 0 Å². The first-order valence-electron chi connectivity index (χ1n) is 7.00. The molecule has 1 atom stereocenters.